The van der Waals surface area contributed by atoms with Crippen LogP contribution in [-0.2, 0) is 11.5 Å². The highest BCUT2D eigenvalue weighted by Crippen LogP contribution is 2.22. The van der Waals surface area contributed by atoms with Gasteiger partial charge in [0.25, 0.3) is 0 Å². The van der Waals surface area contributed by atoms with Crippen LogP contribution in [0.25, 0.3) is 0 Å². The maximum Gasteiger partial charge on any atom is 0.236 e. The van der Waals surface area contributed by atoms with Crippen molar-refractivity contribution in [2.45, 2.75) is 23.3 Å². The molecule has 0 saturated carbocycles. The Balaban J connectivity index is 1.83. The van der Waals surface area contributed by atoms with Gasteiger partial charge < -0.3 is 4.52 Å². The molecular formula is C13H13N3OS2. The molecule has 0 aliphatic heterocycles. The summed E-state index contributed by atoms with van der Waals surface area (Å²) >= 11 is 3.15. The normalized spacial score (nSPS) is 10.3. The third kappa shape index (κ3) is 4.62. The highest BCUT2D eigenvalue weighted by molar-refractivity contribution is 7.98. The van der Waals surface area contributed by atoms with Crippen molar-refractivity contribution in [1.29, 1.82) is 5.26 Å². The molecule has 19 heavy (non-hydrogen) atoms. The maximum absolute atomic E-state index is 8.44. The summed E-state index contributed by atoms with van der Waals surface area (Å²) in [6.07, 6.45) is 0. The predicted octanol–water partition coefficient (Wildman–Crippen LogP) is 3.43. The number of benzene rings is 1. The molecule has 1 aromatic carbocycles. The average molecular weight is 291 g/mol. The van der Waals surface area contributed by atoms with E-state index in [9.17, 15) is 0 Å². The molecule has 1 heterocycles. The molecule has 0 aliphatic carbocycles. The van der Waals surface area contributed by atoms with E-state index in [1.807, 2.05) is 0 Å². The zero-order valence-electron chi connectivity index (χ0n) is 10.5. The lowest BCUT2D eigenvalue weighted by atomic mass is 10.2. The lowest BCUT2D eigenvalue weighted by molar-refractivity contribution is 0.386. The molecule has 2 aromatic rings. The van der Waals surface area contributed by atoms with E-state index in [0.29, 0.717) is 29.0 Å². The second-order valence-corrected chi connectivity index (χ2v) is 5.89. The van der Waals surface area contributed by atoms with Crippen LogP contribution in [0.1, 0.15) is 17.3 Å². The van der Waals surface area contributed by atoms with Crippen LogP contribution in [0.15, 0.2) is 33.7 Å². The van der Waals surface area contributed by atoms with Crippen molar-refractivity contribution >= 4 is 23.5 Å². The second-order valence-electron chi connectivity index (χ2n) is 3.86. The van der Waals surface area contributed by atoms with E-state index in [2.05, 4.69) is 47.4 Å². The van der Waals surface area contributed by atoms with Crippen LogP contribution in [-0.4, -0.2) is 15.9 Å². The standard InChI is InChI=1S/C13H13N3OS2/c1-10-2-4-11(5-3-10)19-8-12-15-13(17-16-12)9-18-7-6-14/h2-5H,7-9H2,1H3. The molecule has 0 aliphatic rings. The first-order valence-corrected chi connectivity index (χ1v) is 7.87. The molecule has 0 spiro atoms. The Hall–Kier alpha value is -1.45. The smallest absolute Gasteiger partial charge is 0.236 e. The summed E-state index contributed by atoms with van der Waals surface area (Å²) in [5, 5.41) is 12.4. The maximum atomic E-state index is 8.44. The van der Waals surface area contributed by atoms with Gasteiger partial charge in [-0.1, -0.05) is 22.9 Å². The third-order valence-electron chi connectivity index (χ3n) is 2.29. The van der Waals surface area contributed by atoms with Gasteiger partial charge in [0.1, 0.15) is 0 Å². The largest absolute Gasteiger partial charge is 0.338 e. The topological polar surface area (TPSA) is 62.7 Å². The molecular weight excluding hydrogens is 278 g/mol. The molecule has 98 valence electrons. The van der Waals surface area contributed by atoms with Gasteiger partial charge in [-0.2, -0.15) is 10.2 Å². The fourth-order valence-electron chi connectivity index (χ4n) is 1.37. The monoisotopic (exact) mass is 291 g/mol. The Morgan fingerprint density at radius 1 is 1.26 bits per heavy atom. The highest BCUT2D eigenvalue weighted by atomic mass is 32.2. The first-order valence-electron chi connectivity index (χ1n) is 5.73. The molecule has 0 amide bonds. The molecule has 0 N–H and O–H groups in total. The van der Waals surface area contributed by atoms with E-state index in [-0.39, 0.29) is 0 Å². The number of nitriles is 1. The molecule has 0 radical (unpaired) electrons. The van der Waals surface area contributed by atoms with Gasteiger partial charge in [0.15, 0.2) is 5.82 Å². The summed E-state index contributed by atoms with van der Waals surface area (Å²) in [6.45, 7) is 2.07. The third-order valence-corrected chi connectivity index (χ3v) is 4.08. The first kappa shape index (κ1) is 14.0. The summed E-state index contributed by atoms with van der Waals surface area (Å²) < 4.78 is 5.11. The van der Waals surface area contributed by atoms with Crippen LogP contribution in [0.3, 0.4) is 0 Å². The minimum absolute atomic E-state index is 0.440. The minimum Gasteiger partial charge on any atom is -0.338 e. The lowest BCUT2D eigenvalue weighted by Gasteiger charge is -1.98. The number of aromatic nitrogens is 2. The van der Waals surface area contributed by atoms with E-state index in [1.54, 1.807) is 11.8 Å². The minimum atomic E-state index is 0.440. The van der Waals surface area contributed by atoms with E-state index in [1.165, 1.54) is 22.2 Å². The van der Waals surface area contributed by atoms with Gasteiger partial charge in [0.2, 0.25) is 5.89 Å². The van der Waals surface area contributed by atoms with E-state index < -0.39 is 0 Å². The Morgan fingerprint density at radius 3 is 2.79 bits per heavy atom. The Bertz CT molecular complexity index is 560. The van der Waals surface area contributed by atoms with Crippen molar-refractivity contribution in [3.05, 3.63) is 41.5 Å². The van der Waals surface area contributed by atoms with Gasteiger partial charge in [-0.05, 0) is 19.1 Å². The summed E-state index contributed by atoms with van der Waals surface area (Å²) in [4.78, 5) is 5.48. The van der Waals surface area contributed by atoms with Crippen LogP contribution < -0.4 is 0 Å². The number of rotatable bonds is 6. The van der Waals surface area contributed by atoms with Crippen LogP contribution in [0, 0.1) is 18.3 Å². The molecule has 6 heteroatoms. The molecule has 1 aromatic heterocycles. The first-order chi connectivity index (χ1) is 9.28. The van der Waals surface area contributed by atoms with Gasteiger partial charge >= 0.3 is 0 Å². The number of aryl methyl sites for hydroxylation is 1. The number of hydrogen-bond donors (Lipinski definition) is 0. The number of hydrogen-bond acceptors (Lipinski definition) is 6. The number of nitrogens with zero attached hydrogens (tertiary/aromatic N) is 3. The van der Waals surface area contributed by atoms with Gasteiger partial charge in [0, 0.05) is 4.90 Å². The average Bonchev–Trinajstić information content (AvgIpc) is 2.86. The van der Waals surface area contributed by atoms with E-state index >= 15 is 0 Å². The molecule has 0 bridgehead atoms. The van der Waals surface area contributed by atoms with Gasteiger partial charge in [-0.3, -0.25) is 0 Å². The predicted molar refractivity (Wildman–Crippen MR) is 76.8 cm³/mol. The Kier molecular flexibility index (Phi) is 5.31. The van der Waals surface area contributed by atoms with Crippen LogP contribution in [0.4, 0.5) is 0 Å². The molecule has 0 atom stereocenters. The zero-order chi connectivity index (χ0) is 13.5. The van der Waals surface area contributed by atoms with E-state index in [0.717, 1.165) is 0 Å². The Morgan fingerprint density at radius 2 is 2.05 bits per heavy atom. The summed E-state index contributed by atoms with van der Waals surface area (Å²) in [5.74, 6) is 3.00. The fraction of sp³-hybridized carbons (Fsp3) is 0.308. The van der Waals surface area contributed by atoms with Crippen molar-refractivity contribution < 1.29 is 4.52 Å². The molecule has 0 unspecified atom stereocenters. The number of thioether (sulfide) groups is 2. The fourth-order valence-corrected chi connectivity index (χ4v) is 2.60. The summed E-state index contributed by atoms with van der Waals surface area (Å²) in [7, 11) is 0. The highest BCUT2D eigenvalue weighted by Gasteiger charge is 2.06. The van der Waals surface area contributed by atoms with Gasteiger partial charge in [0.05, 0.1) is 23.3 Å². The Labute approximate surface area is 120 Å². The second kappa shape index (κ2) is 7.22. The molecule has 2 rings (SSSR count). The molecule has 0 fully saturated rings. The van der Waals surface area contributed by atoms with Crippen molar-refractivity contribution in [2.24, 2.45) is 0 Å². The van der Waals surface area contributed by atoms with Crippen LogP contribution in [0.5, 0.6) is 0 Å². The molecule has 0 saturated heterocycles. The quantitative estimate of drug-likeness (QED) is 0.600. The summed E-state index contributed by atoms with van der Waals surface area (Å²) in [5.41, 5.74) is 1.25. The SMILES string of the molecule is Cc1ccc(SCc2noc(CSCC#N)n2)cc1. The van der Waals surface area contributed by atoms with Gasteiger partial charge in [-0.15, -0.1) is 23.5 Å². The molecule has 4 nitrogen and oxygen atoms in total. The summed E-state index contributed by atoms with van der Waals surface area (Å²) in [6, 6.07) is 10.4. The van der Waals surface area contributed by atoms with Crippen LogP contribution in [0.2, 0.25) is 0 Å². The van der Waals surface area contributed by atoms with Crippen LogP contribution >= 0.6 is 23.5 Å². The zero-order valence-corrected chi connectivity index (χ0v) is 12.1. The van der Waals surface area contributed by atoms with E-state index in [4.69, 9.17) is 9.78 Å². The van der Waals surface area contributed by atoms with Crippen molar-refractivity contribution in [1.82, 2.24) is 10.1 Å². The lowest BCUT2D eigenvalue weighted by Crippen LogP contribution is -1.86. The van der Waals surface area contributed by atoms with Gasteiger partial charge in [-0.25, -0.2) is 0 Å². The van der Waals surface area contributed by atoms with Crippen molar-refractivity contribution in [3.8, 4) is 6.07 Å². The van der Waals surface area contributed by atoms with Crippen molar-refractivity contribution in [3.63, 3.8) is 0 Å². The van der Waals surface area contributed by atoms with Crippen molar-refractivity contribution in [2.75, 3.05) is 5.75 Å².